The van der Waals surface area contributed by atoms with Crippen LogP contribution in [-0.2, 0) is 0 Å². The van der Waals surface area contributed by atoms with Crippen molar-refractivity contribution in [3.8, 4) is 22.8 Å². The van der Waals surface area contributed by atoms with E-state index in [-0.39, 0.29) is 11.5 Å². The van der Waals surface area contributed by atoms with Crippen molar-refractivity contribution in [2.45, 2.75) is 20.8 Å². The lowest BCUT2D eigenvalue weighted by atomic mass is 10.1. The Balaban J connectivity index is 0.00000117. The Morgan fingerprint density at radius 3 is 2.41 bits per heavy atom. The molecule has 6 nitrogen and oxygen atoms in total. The average molecular weight is 388 g/mol. The van der Waals surface area contributed by atoms with Gasteiger partial charge in [-0.3, -0.25) is 5.43 Å². The van der Waals surface area contributed by atoms with Gasteiger partial charge in [0, 0.05) is 18.0 Å². The highest BCUT2D eigenvalue weighted by atomic mass is 16.3. The van der Waals surface area contributed by atoms with Gasteiger partial charge >= 0.3 is 0 Å². The third-order valence-electron chi connectivity index (χ3n) is 4.19. The van der Waals surface area contributed by atoms with E-state index in [0.29, 0.717) is 5.56 Å². The minimum absolute atomic E-state index is 0.155. The number of hydrogen-bond donors (Lipinski definition) is 3. The van der Waals surface area contributed by atoms with Crippen LogP contribution in [0, 0.1) is 6.92 Å². The lowest BCUT2D eigenvalue weighted by Crippen LogP contribution is -1.90. The molecule has 2 aromatic heterocycles. The normalized spacial score (nSPS) is 10.7. The smallest absolute Gasteiger partial charge is 0.158 e. The summed E-state index contributed by atoms with van der Waals surface area (Å²) in [6.45, 7) is 6.06. The van der Waals surface area contributed by atoms with E-state index < -0.39 is 0 Å². The summed E-state index contributed by atoms with van der Waals surface area (Å²) < 4.78 is 2.02. The van der Waals surface area contributed by atoms with Gasteiger partial charge in [-0.15, -0.1) is 0 Å². The van der Waals surface area contributed by atoms with Gasteiger partial charge in [-0.2, -0.15) is 5.10 Å². The second-order valence-electron chi connectivity index (χ2n) is 6.29. The van der Waals surface area contributed by atoms with Crippen LogP contribution in [0.2, 0.25) is 0 Å². The first-order chi connectivity index (χ1) is 14.1. The first-order valence-electron chi connectivity index (χ1n) is 9.45. The number of nitrogens with one attached hydrogen (secondary N) is 1. The maximum atomic E-state index is 9.48. The number of pyridine rings is 1. The SMILES string of the molecule is CC.Cc1ccc2nc(-c3ccc(N/N=C/c4ccc(O)c(O)c4)cc3)cn2c1. The van der Waals surface area contributed by atoms with E-state index in [2.05, 4.69) is 28.6 Å². The molecule has 0 amide bonds. The third kappa shape index (κ3) is 4.73. The monoisotopic (exact) mass is 388 g/mol. The number of aryl methyl sites for hydroxylation is 1. The molecule has 2 aromatic carbocycles. The lowest BCUT2D eigenvalue weighted by Gasteiger charge is -2.02. The number of rotatable bonds is 4. The van der Waals surface area contributed by atoms with Crippen LogP contribution < -0.4 is 5.43 Å². The van der Waals surface area contributed by atoms with E-state index in [1.54, 1.807) is 12.3 Å². The van der Waals surface area contributed by atoms with Gasteiger partial charge in [0.1, 0.15) is 5.65 Å². The van der Waals surface area contributed by atoms with E-state index in [1.807, 2.05) is 60.8 Å². The van der Waals surface area contributed by atoms with Crippen LogP contribution in [-0.4, -0.2) is 25.8 Å². The van der Waals surface area contributed by atoms with Crippen molar-refractivity contribution in [3.63, 3.8) is 0 Å². The summed E-state index contributed by atoms with van der Waals surface area (Å²) in [4.78, 5) is 4.64. The quantitative estimate of drug-likeness (QED) is 0.255. The molecule has 29 heavy (non-hydrogen) atoms. The molecular formula is C23H24N4O2. The number of aromatic hydroxyl groups is 2. The zero-order valence-corrected chi connectivity index (χ0v) is 16.7. The number of phenolic OH excluding ortho intramolecular Hbond substituents is 2. The largest absolute Gasteiger partial charge is 0.504 e. The Hall–Kier alpha value is -3.80. The lowest BCUT2D eigenvalue weighted by molar-refractivity contribution is 0.403. The molecule has 6 heteroatoms. The van der Waals surface area contributed by atoms with Crippen molar-refractivity contribution in [1.82, 2.24) is 9.38 Å². The minimum Gasteiger partial charge on any atom is -0.504 e. The molecule has 0 saturated heterocycles. The second-order valence-corrected chi connectivity index (χ2v) is 6.29. The van der Waals surface area contributed by atoms with Crippen molar-refractivity contribution in [1.29, 1.82) is 0 Å². The van der Waals surface area contributed by atoms with Gasteiger partial charge in [-0.25, -0.2) is 4.98 Å². The summed E-state index contributed by atoms with van der Waals surface area (Å²) in [6.07, 6.45) is 5.63. The van der Waals surface area contributed by atoms with E-state index >= 15 is 0 Å². The Morgan fingerprint density at radius 1 is 0.931 bits per heavy atom. The van der Waals surface area contributed by atoms with E-state index in [0.717, 1.165) is 22.6 Å². The summed E-state index contributed by atoms with van der Waals surface area (Å²) in [5.74, 6) is -0.330. The molecule has 4 aromatic rings. The van der Waals surface area contributed by atoms with E-state index in [9.17, 15) is 10.2 Å². The van der Waals surface area contributed by atoms with Crippen LogP contribution in [0.4, 0.5) is 5.69 Å². The Labute approximate surface area is 169 Å². The zero-order chi connectivity index (χ0) is 20.8. The molecular weight excluding hydrogens is 364 g/mol. The van der Waals surface area contributed by atoms with Gasteiger partial charge in [0.05, 0.1) is 17.6 Å². The summed E-state index contributed by atoms with van der Waals surface area (Å²) >= 11 is 0. The predicted octanol–water partition coefficient (Wildman–Crippen LogP) is 5.19. The van der Waals surface area contributed by atoms with Crippen LogP contribution in [0.3, 0.4) is 0 Å². The molecule has 0 spiro atoms. The highest BCUT2D eigenvalue weighted by Gasteiger charge is 2.04. The second kappa shape index (κ2) is 8.93. The molecule has 0 aliphatic carbocycles. The molecule has 0 bridgehead atoms. The van der Waals surface area contributed by atoms with Crippen molar-refractivity contribution in [2.24, 2.45) is 5.10 Å². The molecule has 0 atom stereocenters. The van der Waals surface area contributed by atoms with Gasteiger partial charge in [0.25, 0.3) is 0 Å². The molecule has 2 heterocycles. The van der Waals surface area contributed by atoms with Gasteiger partial charge in [-0.1, -0.05) is 32.0 Å². The van der Waals surface area contributed by atoms with E-state index in [1.165, 1.54) is 17.7 Å². The number of aromatic nitrogens is 2. The number of hydrogen-bond acceptors (Lipinski definition) is 5. The van der Waals surface area contributed by atoms with Crippen LogP contribution in [0.1, 0.15) is 25.0 Å². The standard InChI is InChI=1S/C21H18N4O2.C2H6/c1-14-2-9-21-23-18(13-25(21)12-14)16-4-6-17(7-5-16)24-22-11-15-3-8-19(26)20(27)10-15;1-2/h2-13,24,26-27H,1H3;1-2H3/b22-11+;. The van der Waals surface area contributed by atoms with Crippen molar-refractivity contribution in [2.75, 3.05) is 5.43 Å². The minimum atomic E-state index is -0.175. The fraction of sp³-hybridized carbons (Fsp3) is 0.130. The fourth-order valence-electron chi connectivity index (χ4n) is 2.76. The van der Waals surface area contributed by atoms with Crippen LogP contribution in [0.15, 0.2) is 72.1 Å². The summed E-state index contributed by atoms with van der Waals surface area (Å²) in [5, 5.41) is 22.9. The maximum absolute atomic E-state index is 9.48. The summed E-state index contributed by atoms with van der Waals surface area (Å²) in [7, 11) is 0. The van der Waals surface area contributed by atoms with Crippen LogP contribution >= 0.6 is 0 Å². The van der Waals surface area contributed by atoms with Crippen LogP contribution in [0.5, 0.6) is 11.5 Å². The maximum Gasteiger partial charge on any atom is 0.158 e. The fourth-order valence-corrected chi connectivity index (χ4v) is 2.76. The molecule has 0 saturated carbocycles. The number of anilines is 1. The predicted molar refractivity (Wildman–Crippen MR) is 118 cm³/mol. The van der Waals surface area contributed by atoms with E-state index in [4.69, 9.17) is 0 Å². The summed E-state index contributed by atoms with van der Waals surface area (Å²) in [5.41, 5.74) is 8.48. The Morgan fingerprint density at radius 2 is 1.69 bits per heavy atom. The average Bonchev–Trinajstić information content (AvgIpc) is 3.16. The van der Waals surface area contributed by atoms with Gasteiger partial charge < -0.3 is 14.6 Å². The summed E-state index contributed by atoms with van der Waals surface area (Å²) in [6, 6.07) is 16.4. The molecule has 0 unspecified atom stereocenters. The topological polar surface area (TPSA) is 82.2 Å². The van der Waals surface area contributed by atoms with Crippen LogP contribution in [0.25, 0.3) is 16.9 Å². The number of benzene rings is 2. The molecule has 0 aliphatic heterocycles. The van der Waals surface area contributed by atoms with Gasteiger partial charge in [0.15, 0.2) is 11.5 Å². The third-order valence-corrected chi connectivity index (χ3v) is 4.19. The molecule has 4 rings (SSSR count). The first-order valence-corrected chi connectivity index (χ1v) is 9.45. The molecule has 0 fully saturated rings. The van der Waals surface area contributed by atoms with Crippen molar-refractivity contribution >= 4 is 17.5 Å². The number of phenols is 2. The highest BCUT2D eigenvalue weighted by molar-refractivity contribution is 5.81. The Bertz CT molecular complexity index is 1130. The zero-order valence-electron chi connectivity index (χ0n) is 16.7. The molecule has 0 radical (unpaired) electrons. The highest BCUT2D eigenvalue weighted by Crippen LogP contribution is 2.24. The number of imidazole rings is 1. The van der Waals surface area contributed by atoms with Gasteiger partial charge in [-0.05, 0) is 54.4 Å². The van der Waals surface area contributed by atoms with Crippen molar-refractivity contribution in [3.05, 3.63) is 78.1 Å². The van der Waals surface area contributed by atoms with Gasteiger partial charge in [0.2, 0.25) is 0 Å². The molecule has 3 N–H and O–H groups in total. The number of fused-ring (bicyclic) bond motifs is 1. The molecule has 148 valence electrons. The molecule has 0 aliphatic rings. The Kier molecular flexibility index (Phi) is 6.14. The number of nitrogens with zero attached hydrogens (tertiary/aromatic N) is 3. The number of hydrazone groups is 1. The first kappa shape index (κ1) is 19.9. The van der Waals surface area contributed by atoms with Crippen molar-refractivity contribution < 1.29 is 10.2 Å².